The van der Waals surface area contributed by atoms with E-state index in [0.29, 0.717) is 22.9 Å². The molecule has 1 heteroatoms. The molecule has 15 heavy (non-hydrogen) atoms. The Morgan fingerprint density at radius 1 is 1.27 bits per heavy atom. The van der Waals surface area contributed by atoms with Crippen molar-refractivity contribution in [2.24, 2.45) is 22.7 Å². The average molecular weight is 210 g/mol. The Bertz CT molecular complexity index is 246. The first kappa shape index (κ1) is 11.4. The zero-order valence-corrected chi connectivity index (χ0v) is 11.0. The van der Waals surface area contributed by atoms with E-state index in [9.17, 15) is 0 Å². The molecule has 1 saturated carbocycles. The molecule has 1 heterocycles. The SMILES string of the molecule is CCC(C)C1OCC2(C)CCC(C)(C)C12. The summed E-state index contributed by atoms with van der Waals surface area (Å²) in [6.45, 7) is 12.9. The molecule has 0 aromatic heterocycles. The van der Waals surface area contributed by atoms with Gasteiger partial charge in [-0.2, -0.15) is 0 Å². The van der Waals surface area contributed by atoms with Crippen LogP contribution in [0.3, 0.4) is 0 Å². The monoisotopic (exact) mass is 210 g/mol. The van der Waals surface area contributed by atoms with Gasteiger partial charge in [0, 0.05) is 0 Å². The van der Waals surface area contributed by atoms with Crippen LogP contribution in [0.15, 0.2) is 0 Å². The van der Waals surface area contributed by atoms with E-state index in [2.05, 4.69) is 34.6 Å². The lowest BCUT2D eigenvalue weighted by Gasteiger charge is -2.36. The first-order chi connectivity index (χ1) is 6.91. The second-order valence-electron chi connectivity index (χ2n) is 6.78. The fraction of sp³-hybridized carbons (Fsp3) is 1.00. The van der Waals surface area contributed by atoms with E-state index in [4.69, 9.17) is 4.74 Å². The number of hydrogen-bond acceptors (Lipinski definition) is 1. The molecule has 1 saturated heterocycles. The van der Waals surface area contributed by atoms with Gasteiger partial charge in [-0.05, 0) is 35.5 Å². The van der Waals surface area contributed by atoms with E-state index in [0.717, 1.165) is 12.5 Å². The largest absolute Gasteiger partial charge is 0.377 e. The summed E-state index contributed by atoms with van der Waals surface area (Å²) < 4.78 is 6.11. The van der Waals surface area contributed by atoms with Crippen molar-refractivity contribution >= 4 is 0 Å². The van der Waals surface area contributed by atoms with Crippen molar-refractivity contribution in [3.63, 3.8) is 0 Å². The highest BCUT2D eigenvalue weighted by Gasteiger charge is 2.58. The fourth-order valence-electron chi connectivity index (χ4n) is 3.97. The Labute approximate surface area is 94.6 Å². The molecule has 0 N–H and O–H groups in total. The molecule has 0 radical (unpaired) electrons. The number of hydrogen-bond donors (Lipinski definition) is 0. The molecule has 0 bridgehead atoms. The Morgan fingerprint density at radius 2 is 1.93 bits per heavy atom. The second-order valence-corrected chi connectivity index (χ2v) is 6.78. The Hall–Kier alpha value is -0.0400. The van der Waals surface area contributed by atoms with Crippen LogP contribution in [0.25, 0.3) is 0 Å². The van der Waals surface area contributed by atoms with Crippen LogP contribution in [0.5, 0.6) is 0 Å². The fourth-order valence-corrected chi connectivity index (χ4v) is 3.97. The van der Waals surface area contributed by atoms with Gasteiger partial charge in [-0.25, -0.2) is 0 Å². The summed E-state index contributed by atoms with van der Waals surface area (Å²) in [6, 6.07) is 0. The van der Waals surface area contributed by atoms with Gasteiger partial charge in [0.25, 0.3) is 0 Å². The van der Waals surface area contributed by atoms with Crippen molar-refractivity contribution in [3.05, 3.63) is 0 Å². The van der Waals surface area contributed by atoms with Crippen LogP contribution in [-0.4, -0.2) is 12.7 Å². The number of rotatable bonds is 2. The second kappa shape index (κ2) is 3.48. The van der Waals surface area contributed by atoms with E-state index in [1.54, 1.807) is 0 Å². The lowest BCUT2D eigenvalue weighted by atomic mass is 9.68. The molecule has 0 amide bonds. The maximum absolute atomic E-state index is 6.11. The highest BCUT2D eigenvalue weighted by Crippen LogP contribution is 2.60. The third kappa shape index (κ3) is 1.63. The van der Waals surface area contributed by atoms with Crippen molar-refractivity contribution in [1.82, 2.24) is 0 Å². The van der Waals surface area contributed by atoms with Crippen LogP contribution in [0.1, 0.15) is 53.9 Å². The van der Waals surface area contributed by atoms with Gasteiger partial charge >= 0.3 is 0 Å². The molecule has 0 aromatic rings. The molecule has 4 atom stereocenters. The third-order valence-corrected chi connectivity index (χ3v) is 5.07. The topological polar surface area (TPSA) is 9.23 Å². The molecular weight excluding hydrogens is 184 g/mol. The normalized spacial score (nSPS) is 45.4. The van der Waals surface area contributed by atoms with Gasteiger partial charge in [0.05, 0.1) is 12.7 Å². The van der Waals surface area contributed by atoms with Crippen molar-refractivity contribution in [2.75, 3.05) is 6.61 Å². The van der Waals surface area contributed by atoms with Gasteiger partial charge in [-0.1, -0.05) is 41.0 Å². The summed E-state index contributed by atoms with van der Waals surface area (Å²) in [4.78, 5) is 0. The van der Waals surface area contributed by atoms with Crippen LogP contribution >= 0.6 is 0 Å². The van der Waals surface area contributed by atoms with Crippen molar-refractivity contribution < 1.29 is 4.74 Å². The van der Waals surface area contributed by atoms with Crippen molar-refractivity contribution in [3.8, 4) is 0 Å². The molecular formula is C14H26O. The highest BCUT2D eigenvalue weighted by atomic mass is 16.5. The molecule has 1 aliphatic heterocycles. The molecule has 0 aromatic carbocycles. The first-order valence-electron chi connectivity index (χ1n) is 6.52. The number of fused-ring (bicyclic) bond motifs is 1. The zero-order chi connectivity index (χ0) is 11.3. The summed E-state index contributed by atoms with van der Waals surface area (Å²) in [5, 5.41) is 0. The molecule has 2 rings (SSSR count). The van der Waals surface area contributed by atoms with Crippen molar-refractivity contribution in [1.29, 1.82) is 0 Å². The van der Waals surface area contributed by atoms with E-state index < -0.39 is 0 Å². The maximum Gasteiger partial charge on any atom is 0.0640 e. The summed E-state index contributed by atoms with van der Waals surface area (Å²) in [5.41, 5.74) is 0.955. The predicted molar refractivity (Wildman–Crippen MR) is 63.8 cm³/mol. The van der Waals surface area contributed by atoms with Gasteiger partial charge in [-0.15, -0.1) is 0 Å². The summed E-state index contributed by atoms with van der Waals surface area (Å²) in [7, 11) is 0. The van der Waals surface area contributed by atoms with Gasteiger partial charge in [0.2, 0.25) is 0 Å². The Kier molecular flexibility index (Phi) is 2.65. The van der Waals surface area contributed by atoms with E-state index in [1.807, 2.05) is 0 Å². The van der Waals surface area contributed by atoms with Crippen LogP contribution in [0.4, 0.5) is 0 Å². The summed E-state index contributed by atoms with van der Waals surface area (Å²) in [5.74, 6) is 1.49. The van der Waals surface area contributed by atoms with Gasteiger partial charge in [-0.3, -0.25) is 0 Å². The standard InChI is InChI=1S/C14H26O/c1-6-10(2)11-12-13(3,4)7-8-14(12,5)9-15-11/h10-12H,6-9H2,1-5H3. The predicted octanol–water partition coefficient (Wildman–Crippen LogP) is 3.87. The Balaban J connectivity index is 2.24. The number of ether oxygens (including phenoxy) is 1. The van der Waals surface area contributed by atoms with Gasteiger partial charge in [0.15, 0.2) is 0 Å². The molecule has 1 nitrogen and oxygen atoms in total. The van der Waals surface area contributed by atoms with Gasteiger partial charge < -0.3 is 4.74 Å². The van der Waals surface area contributed by atoms with E-state index >= 15 is 0 Å². The van der Waals surface area contributed by atoms with Crippen LogP contribution in [0.2, 0.25) is 0 Å². The van der Waals surface area contributed by atoms with Crippen LogP contribution in [0, 0.1) is 22.7 Å². The third-order valence-electron chi connectivity index (χ3n) is 5.07. The molecule has 88 valence electrons. The minimum absolute atomic E-state index is 0.470. The van der Waals surface area contributed by atoms with E-state index in [1.165, 1.54) is 19.3 Å². The minimum Gasteiger partial charge on any atom is -0.377 e. The lowest BCUT2D eigenvalue weighted by Crippen LogP contribution is -2.36. The summed E-state index contributed by atoms with van der Waals surface area (Å²) >= 11 is 0. The van der Waals surface area contributed by atoms with Crippen LogP contribution in [-0.2, 0) is 4.74 Å². The average Bonchev–Trinajstić information content (AvgIpc) is 2.63. The molecule has 1 aliphatic carbocycles. The quantitative estimate of drug-likeness (QED) is 0.672. The minimum atomic E-state index is 0.470. The molecule has 2 fully saturated rings. The molecule has 0 spiro atoms. The van der Waals surface area contributed by atoms with Crippen LogP contribution < -0.4 is 0 Å². The lowest BCUT2D eigenvalue weighted by molar-refractivity contribution is 0.0150. The summed E-state index contributed by atoms with van der Waals surface area (Å²) in [6.07, 6.45) is 4.49. The highest BCUT2D eigenvalue weighted by molar-refractivity contribution is 5.06. The van der Waals surface area contributed by atoms with E-state index in [-0.39, 0.29) is 0 Å². The molecule has 4 unspecified atom stereocenters. The Morgan fingerprint density at radius 3 is 2.53 bits per heavy atom. The zero-order valence-electron chi connectivity index (χ0n) is 11.0. The first-order valence-corrected chi connectivity index (χ1v) is 6.52. The molecule has 2 aliphatic rings. The van der Waals surface area contributed by atoms with Gasteiger partial charge in [0.1, 0.15) is 0 Å². The van der Waals surface area contributed by atoms with Crippen molar-refractivity contribution in [2.45, 2.75) is 60.0 Å². The maximum atomic E-state index is 6.11. The smallest absolute Gasteiger partial charge is 0.0640 e.